The Hall–Kier alpha value is -0.980. The highest BCUT2D eigenvalue weighted by Gasteiger charge is 2.53. The highest BCUT2D eigenvalue weighted by Crippen LogP contribution is 2.42. The van der Waals surface area contributed by atoms with Gasteiger partial charge in [-0.2, -0.15) is 0 Å². The van der Waals surface area contributed by atoms with Crippen molar-refractivity contribution in [1.29, 1.82) is 0 Å². The number of hydrogen-bond acceptors (Lipinski definition) is 5. The standard InChI is InChI=1S/C16H23N3O2S/c1-11-13(22-10-17-11)8-19-6-4-14-16(9-19,5-7-21-14)15(20)18-12-2-3-12/h10,12,14H,2-9H2,1H3,(H,18,20)/t14-,16-/m1/s1. The number of likely N-dealkylation sites (tertiary alicyclic amines) is 1. The molecule has 0 aromatic carbocycles. The van der Waals surface area contributed by atoms with Crippen LogP contribution >= 0.6 is 11.3 Å². The Morgan fingerprint density at radius 3 is 3.14 bits per heavy atom. The Morgan fingerprint density at radius 1 is 1.55 bits per heavy atom. The lowest BCUT2D eigenvalue weighted by Crippen LogP contribution is -2.57. The first-order valence-corrected chi connectivity index (χ1v) is 9.09. The molecule has 1 aromatic heterocycles. The van der Waals surface area contributed by atoms with E-state index in [1.807, 2.05) is 5.51 Å². The predicted molar refractivity (Wildman–Crippen MR) is 84.7 cm³/mol. The topological polar surface area (TPSA) is 54.5 Å². The minimum atomic E-state index is -0.334. The summed E-state index contributed by atoms with van der Waals surface area (Å²) < 4.78 is 5.89. The van der Waals surface area contributed by atoms with E-state index >= 15 is 0 Å². The molecule has 0 radical (unpaired) electrons. The highest BCUT2D eigenvalue weighted by atomic mass is 32.1. The maximum atomic E-state index is 12.8. The number of ether oxygens (including phenoxy) is 1. The summed E-state index contributed by atoms with van der Waals surface area (Å²) in [7, 11) is 0. The zero-order chi connectivity index (χ0) is 15.2. The minimum Gasteiger partial charge on any atom is -0.377 e. The van der Waals surface area contributed by atoms with E-state index in [0.29, 0.717) is 6.04 Å². The predicted octanol–water partition coefficient (Wildman–Crippen LogP) is 1.71. The number of aryl methyl sites for hydroxylation is 1. The van der Waals surface area contributed by atoms with Gasteiger partial charge in [-0.1, -0.05) is 0 Å². The maximum Gasteiger partial charge on any atom is 0.230 e. The smallest absolute Gasteiger partial charge is 0.230 e. The summed E-state index contributed by atoms with van der Waals surface area (Å²) in [6.45, 7) is 5.50. The number of thiazole rings is 1. The molecule has 0 spiro atoms. The van der Waals surface area contributed by atoms with Crippen molar-refractivity contribution < 1.29 is 9.53 Å². The molecule has 2 saturated heterocycles. The van der Waals surface area contributed by atoms with Gasteiger partial charge in [-0.25, -0.2) is 4.98 Å². The maximum absolute atomic E-state index is 12.8. The van der Waals surface area contributed by atoms with Crippen LogP contribution in [0, 0.1) is 12.3 Å². The Kier molecular flexibility index (Phi) is 3.71. The molecule has 3 fully saturated rings. The summed E-state index contributed by atoms with van der Waals surface area (Å²) in [6, 6.07) is 0.419. The Balaban J connectivity index is 1.50. The zero-order valence-electron chi connectivity index (χ0n) is 13.0. The summed E-state index contributed by atoms with van der Waals surface area (Å²) in [5, 5.41) is 3.22. The van der Waals surface area contributed by atoms with Crippen LogP contribution < -0.4 is 5.32 Å². The third kappa shape index (κ3) is 2.57. The number of aromatic nitrogens is 1. The number of carbonyl (C=O) groups excluding carboxylic acids is 1. The quantitative estimate of drug-likeness (QED) is 0.917. The van der Waals surface area contributed by atoms with Crippen molar-refractivity contribution in [3.8, 4) is 0 Å². The second-order valence-electron chi connectivity index (χ2n) is 6.87. The van der Waals surface area contributed by atoms with Crippen LogP contribution in [-0.2, 0) is 16.1 Å². The van der Waals surface area contributed by atoms with Gasteiger partial charge in [0.05, 0.1) is 22.7 Å². The molecule has 1 N–H and O–H groups in total. The van der Waals surface area contributed by atoms with Crippen molar-refractivity contribution in [3.05, 3.63) is 16.1 Å². The molecule has 1 aliphatic carbocycles. The van der Waals surface area contributed by atoms with E-state index in [1.54, 1.807) is 11.3 Å². The van der Waals surface area contributed by atoms with E-state index in [2.05, 4.69) is 22.1 Å². The van der Waals surface area contributed by atoms with Crippen LogP contribution in [0.3, 0.4) is 0 Å². The van der Waals surface area contributed by atoms with Crippen LogP contribution in [0.2, 0.25) is 0 Å². The first-order chi connectivity index (χ1) is 10.7. The molecular weight excluding hydrogens is 298 g/mol. The van der Waals surface area contributed by atoms with Gasteiger partial charge in [-0.15, -0.1) is 11.3 Å². The third-order valence-corrected chi connectivity index (χ3v) is 6.19. The summed E-state index contributed by atoms with van der Waals surface area (Å²) in [4.78, 5) is 20.9. The number of rotatable bonds is 4. The van der Waals surface area contributed by atoms with Gasteiger partial charge in [0.15, 0.2) is 0 Å². The number of nitrogens with zero attached hydrogens (tertiary/aromatic N) is 2. The average molecular weight is 321 g/mol. The number of piperidine rings is 1. The molecule has 0 bridgehead atoms. The van der Waals surface area contributed by atoms with Crippen LogP contribution in [0.25, 0.3) is 0 Å². The van der Waals surface area contributed by atoms with Crippen LogP contribution in [0.15, 0.2) is 5.51 Å². The number of hydrogen-bond donors (Lipinski definition) is 1. The summed E-state index contributed by atoms with van der Waals surface area (Å²) in [6.07, 6.45) is 4.18. The molecule has 2 atom stereocenters. The van der Waals surface area contributed by atoms with E-state index in [9.17, 15) is 4.79 Å². The SMILES string of the molecule is Cc1ncsc1CN1CC[C@H]2OCC[C@@]2(C(=O)NC2CC2)C1. The monoisotopic (exact) mass is 321 g/mol. The van der Waals surface area contributed by atoms with Gasteiger partial charge in [0.25, 0.3) is 0 Å². The molecule has 1 saturated carbocycles. The molecule has 3 heterocycles. The van der Waals surface area contributed by atoms with Gasteiger partial charge in [0, 0.05) is 37.2 Å². The Morgan fingerprint density at radius 2 is 2.41 bits per heavy atom. The van der Waals surface area contributed by atoms with Crippen molar-refractivity contribution in [1.82, 2.24) is 15.2 Å². The van der Waals surface area contributed by atoms with E-state index in [0.717, 1.165) is 57.6 Å². The lowest BCUT2D eigenvalue weighted by molar-refractivity contribution is -0.139. The largest absolute Gasteiger partial charge is 0.377 e. The van der Waals surface area contributed by atoms with Crippen LogP contribution in [0.4, 0.5) is 0 Å². The van der Waals surface area contributed by atoms with Crippen molar-refractivity contribution >= 4 is 17.2 Å². The normalized spacial score (nSPS) is 32.0. The zero-order valence-corrected chi connectivity index (χ0v) is 13.8. The second kappa shape index (κ2) is 5.58. The molecule has 6 heteroatoms. The first kappa shape index (κ1) is 14.6. The van der Waals surface area contributed by atoms with Gasteiger partial charge in [-0.05, 0) is 32.6 Å². The van der Waals surface area contributed by atoms with E-state index in [1.165, 1.54) is 4.88 Å². The molecule has 4 rings (SSSR count). The van der Waals surface area contributed by atoms with E-state index in [-0.39, 0.29) is 17.4 Å². The van der Waals surface area contributed by atoms with E-state index < -0.39 is 0 Å². The van der Waals surface area contributed by atoms with Crippen LogP contribution in [0.5, 0.6) is 0 Å². The van der Waals surface area contributed by atoms with Gasteiger partial charge >= 0.3 is 0 Å². The first-order valence-electron chi connectivity index (χ1n) is 8.21. The lowest BCUT2D eigenvalue weighted by atomic mass is 9.75. The molecule has 1 amide bonds. The fourth-order valence-electron chi connectivity index (χ4n) is 3.73. The van der Waals surface area contributed by atoms with E-state index in [4.69, 9.17) is 4.74 Å². The number of carbonyl (C=O) groups is 1. The van der Waals surface area contributed by atoms with Crippen LogP contribution in [-0.4, -0.2) is 47.6 Å². The second-order valence-corrected chi connectivity index (χ2v) is 7.81. The molecule has 5 nitrogen and oxygen atoms in total. The average Bonchev–Trinajstić information content (AvgIpc) is 3.07. The Labute approximate surface area is 135 Å². The molecule has 2 aliphatic heterocycles. The minimum absolute atomic E-state index is 0.102. The number of amides is 1. The van der Waals surface area contributed by atoms with Gasteiger partial charge in [0.2, 0.25) is 5.91 Å². The molecule has 0 unspecified atom stereocenters. The molecule has 120 valence electrons. The summed E-state index contributed by atoms with van der Waals surface area (Å²) >= 11 is 1.71. The lowest BCUT2D eigenvalue weighted by Gasteiger charge is -2.42. The van der Waals surface area contributed by atoms with Gasteiger partial charge < -0.3 is 10.1 Å². The van der Waals surface area contributed by atoms with Gasteiger partial charge in [-0.3, -0.25) is 9.69 Å². The number of fused-ring (bicyclic) bond motifs is 1. The fraction of sp³-hybridized carbons (Fsp3) is 0.750. The molecule has 22 heavy (non-hydrogen) atoms. The third-order valence-electron chi connectivity index (χ3n) is 5.27. The molecular formula is C16H23N3O2S. The van der Waals surface area contributed by atoms with Crippen molar-refractivity contribution in [2.24, 2.45) is 5.41 Å². The molecule has 3 aliphatic rings. The Bertz CT molecular complexity index is 571. The summed E-state index contributed by atoms with van der Waals surface area (Å²) in [5.41, 5.74) is 2.69. The number of nitrogens with one attached hydrogen (secondary N) is 1. The summed E-state index contributed by atoms with van der Waals surface area (Å²) in [5.74, 6) is 0.225. The van der Waals surface area contributed by atoms with Crippen molar-refractivity contribution in [2.75, 3.05) is 19.7 Å². The van der Waals surface area contributed by atoms with Crippen molar-refractivity contribution in [3.63, 3.8) is 0 Å². The van der Waals surface area contributed by atoms with Gasteiger partial charge in [0.1, 0.15) is 0 Å². The molecule has 1 aromatic rings. The fourth-order valence-corrected chi connectivity index (χ4v) is 4.55. The van der Waals surface area contributed by atoms with Crippen LogP contribution in [0.1, 0.15) is 36.3 Å². The van der Waals surface area contributed by atoms with Crippen molar-refractivity contribution in [2.45, 2.75) is 51.3 Å². The highest BCUT2D eigenvalue weighted by molar-refractivity contribution is 7.09.